The van der Waals surface area contributed by atoms with Gasteiger partial charge in [0.1, 0.15) is 0 Å². The highest BCUT2D eigenvalue weighted by Gasteiger charge is 2.08. The number of thioether (sulfide) groups is 1. The van der Waals surface area contributed by atoms with E-state index < -0.39 is 11.8 Å². The highest BCUT2D eigenvalue weighted by molar-refractivity contribution is 7.99. The number of aliphatic hydroxyl groups excluding tert-OH is 1. The SMILES string of the molecule is N[C@H](CO)c1cccc(SC(F)F)c1. The van der Waals surface area contributed by atoms with Crippen LogP contribution in [-0.4, -0.2) is 17.5 Å². The van der Waals surface area contributed by atoms with Crippen molar-refractivity contribution in [2.45, 2.75) is 16.7 Å². The summed E-state index contributed by atoms with van der Waals surface area (Å²) in [6, 6.07) is 6.00. The van der Waals surface area contributed by atoms with Gasteiger partial charge < -0.3 is 10.8 Å². The number of hydrogen-bond acceptors (Lipinski definition) is 3. The van der Waals surface area contributed by atoms with E-state index in [2.05, 4.69) is 0 Å². The molecule has 0 aliphatic rings. The molecule has 0 amide bonds. The maximum atomic E-state index is 12.0. The minimum Gasteiger partial charge on any atom is -0.394 e. The maximum Gasteiger partial charge on any atom is 0.288 e. The van der Waals surface area contributed by atoms with Gasteiger partial charge in [0.05, 0.1) is 12.6 Å². The molecule has 0 bridgehead atoms. The van der Waals surface area contributed by atoms with Gasteiger partial charge in [-0.2, -0.15) is 8.78 Å². The standard InChI is InChI=1S/C9H11F2NOS/c10-9(11)14-7-3-1-2-6(4-7)8(12)5-13/h1-4,8-9,13H,5,12H2/t8-/m1/s1. The Hall–Kier alpha value is -0.650. The summed E-state index contributed by atoms with van der Waals surface area (Å²) in [6.45, 7) is -0.192. The van der Waals surface area contributed by atoms with Gasteiger partial charge in [0, 0.05) is 4.90 Å². The third kappa shape index (κ3) is 3.25. The Kier molecular flexibility index (Phi) is 4.31. The zero-order valence-electron chi connectivity index (χ0n) is 7.36. The second-order valence-electron chi connectivity index (χ2n) is 2.74. The van der Waals surface area contributed by atoms with Crippen LogP contribution in [-0.2, 0) is 0 Å². The number of halogens is 2. The van der Waals surface area contributed by atoms with Crippen molar-refractivity contribution in [3.05, 3.63) is 29.8 Å². The van der Waals surface area contributed by atoms with Gasteiger partial charge in [0.2, 0.25) is 0 Å². The van der Waals surface area contributed by atoms with Crippen LogP contribution in [0.5, 0.6) is 0 Å². The first-order valence-corrected chi connectivity index (χ1v) is 4.92. The molecule has 1 atom stereocenters. The van der Waals surface area contributed by atoms with Gasteiger partial charge in [-0.1, -0.05) is 23.9 Å². The number of alkyl halides is 2. The molecule has 0 saturated carbocycles. The third-order valence-electron chi connectivity index (χ3n) is 1.71. The Morgan fingerprint density at radius 3 is 2.71 bits per heavy atom. The summed E-state index contributed by atoms with van der Waals surface area (Å²) in [7, 11) is 0. The second-order valence-corrected chi connectivity index (χ2v) is 3.80. The van der Waals surface area contributed by atoms with Gasteiger partial charge in [-0.3, -0.25) is 0 Å². The third-order valence-corrected chi connectivity index (χ3v) is 2.41. The molecule has 0 saturated heterocycles. The van der Waals surface area contributed by atoms with Gasteiger partial charge in [0.25, 0.3) is 5.76 Å². The lowest BCUT2D eigenvalue weighted by Gasteiger charge is -2.09. The Balaban J connectivity index is 2.78. The molecule has 2 nitrogen and oxygen atoms in total. The summed E-state index contributed by atoms with van der Waals surface area (Å²) in [5.74, 6) is -2.43. The van der Waals surface area contributed by atoms with Crippen molar-refractivity contribution >= 4 is 11.8 Å². The van der Waals surface area contributed by atoms with E-state index in [9.17, 15) is 8.78 Å². The monoisotopic (exact) mass is 219 g/mol. The largest absolute Gasteiger partial charge is 0.394 e. The van der Waals surface area contributed by atoms with Gasteiger partial charge in [-0.15, -0.1) is 0 Å². The molecule has 0 aliphatic carbocycles. The van der Waals surface area contributed by atoms with E-state index in [1.165, 1.54) is 0 Å². The summed E-state index contributed by atoms with van der Waals surface area (Å²) in [6.07, 6.45) is 0. The van der Waals surface area contributed by atoms with Gasteiger partial charge >= 0.3 is 0 Å². The normalized spacial score (nSPS) is 13.2. The van der Waals surface area contributed by atoms with Crippen molar-refractivity contribution < 1.29 is 13.9 Å². The predicted molar refractivity (Wildman–Crippen MR) is 52.3 cm³/mol. The summed E-state index contributed by atoms with van der Waals surface area (Å²) < 4.78 is 24.0. The minimum absolute atomic E-state index is 0.192. The Morgan fingerprint density at radius 1 is 1.43 bits per heavy atom. The van der Waals surface area contributed by atoms with Crippen LogP contribution in [0.1, 0.15) is 11.6 Å². The van der Waals surface area contributed by atoms with Crippen LogP contribution >= 0.6 is 11.8 Å². The fraction of sp³-hybridized carbons (Fsp3) is 0.333. The van der Waals surface area contributed by atoms with Crippen LogP contribution in [0.15, 0.2) is 29.2 Å². The zero-order valence-corrected chi connectivity index (χ0v) is 8.18. The molecule has 1 aromatic carbocycles. The van der Waals surface area contributed by atoms with Crippen LogP contribution in [0.3, 0.4) is 0 Å². The van der Waals surface area contributed by atoms with E-state index in [0.29, 0.717) is 22.2 Å². The number of rotatable bonds is 4. The Bertz CT molecular complexity index is 296. The average molecular weight is 219 g/mol. The number of benzene rings is 1. The quantitative estimate of drug-likeness (QED) is 0.761. The first kappa shape index (κ1) is 11.4. The van der Waals surface area contributed by atoms with Crippen LogP contribution < -0.4 is 5.73 Å². The summed E-state index contributed by atoms with van der Waals surface area (Å²) in [4.78, 5) is 0.460. The molecule has 0 aliphatic heterocycles. The number of hydrogen-bond donors (Lipinski definition) is 2. The molecule has 1 aromatic rings. The molecule has 5 heteroatoms. The summed E-state index contributed by atoms with van der Waals surface area (Å²) in [5.41, 5.74) is 6.21. The molecule has 0 fully saturated rings. The van der Waals surface area contributed by atoms with Crippen LogP contribution in [0, 0.1) is 0 Å². The first-order valence-electron chi connectivity index (χ1n) is 4.04. The fourth-order valence-corrected chi connectivity index (χ4v) is 1.59. The molecule has 1 rings (SSSR count). The average Bonchev–Trinajstić information content (AvgIpc) is 2.16. The molecule has 0 unspecified atom stereocenters. The van der Waals surface area contributed by atoms with Crippen molar-refractivity contribution in [1.82, 2.24) is 0 Å². The van der Waals surface area contributed by atoms with Gasteiger partial charge in [0.15, 0.2) is 0 Å². The van der Waals surface area contributed by atoms with E-state index >= 15 is 0 Å². The molecule has 3 N–H and O–H groups in total. The lowest BCUT2D eigenvalue weighted by atomic mass is 10.1. The molecule has 0 spiro atoms. The first-order chi connectivity index (χ1) is 6.63. The van der Waals surface area contributed by atoms with Crippen LogP contribution in [0.25, 0.3) is 0 Å². The lowest BCUT2D eigenvalue weighted by Crippen LogP contribution is -2.14. The van der Waals surface area contributed by atoms with E-state index in [0.717, 1.165) is 0 Å². The zero-order chi connectivity index (χ0) is 10.6. The van der Waals surface area contributed by atoms with E-state index in [1.54, 1.807) is 24.3 Å². The molecular weight excluding hydrogens is 208 g/mol. The molecule has 0 heterocycles. The van der Waals surface area contributed by atoms with Crippen molar-refractivity contribution in [1.29, 1.82) is 0 Å². The summed E-state index contributed by atoms with van der Waals surface area (Å²) in [5, 5.41) is 8.78. The van der Waals surface area contributed by atoms with Crippen molar-refractivity contribution in [2.75, 3.05) is 6.61 Å². The van der Waals surface area contributed by atoms with E-state index in [-0.39, 0.29) is 6.61 Å². The van der Waals surface area contributed by atoms with Gasteiger partial charge in [-0.05, 0) is 17.7 Å². The van der Waals surface area contributed by atoms with Crippen molar-refractivity contribution in [2.24, 2.45) is 5.73 Å². The minimum atomic E-state index is -2.43. The maximum absolute atomic E-state index is 12.0. The van der Waals surface area contributed by atoms with Crippen molar-refractivity contribution in [3.8, 4) is 0 Å². The molecule has 0 aromatic heterocycles. The summed E-state index contributed by atoms with van der Waals surface area (Å²) >= 11 is 0.470. The number of nitrogens with two attached hydrogens (primary N) is 1. The van der Waals surface area contributed by atoms with Crippen LogP contribution in [0.2, 0.25) is 0 Å². The lowest BCUT2D eigenvalue weighted by molar-refractivity contribution is 0.252. The van der Waals surface area contributed by atoms with E-state index in [4.69, 9.17) is 10.8 Å². The van der Waals surface area contributed by atoms with Crippen molar-refractivity contribution in [3.63, 3.8) is 0 Å². The Labute approximate surface area is 85.1 Å². The smallest absolute Gasteiger partial charge is 0.288 e. The van der Waals surface area contributed by atoms with Gasteiger partial charge in [-0.25, -0.2) is 0 Å². The number of aliphatic hydroxyl groups is 1. The molecule has 78 valence electrons. The molecule has 0 radical (unpaired) electrons. The molecular formula is C9H11F2NOS. The Morgan fingerprint density at radius 2 is 2.14 bits per heavy atom. The highest BCUT2D eigenvalue weighted by Crippen LogP contribution is 2.26. The molecule has 14 heavy (non-hydrogen) atoms. The van der Waals surface area contributed by atoms with E-state index in [1.807, 2.05) is 0 Å². The highest BCUT2D eigenvalue weighted by atomic mass is 32.2. The second kappa shape index (κ2) is 5.29. The fourth-order valence-electron chi connectivity index (χ4n) is 1.03. The predicted octanol–water partition coefficient (Wildman–Crippen LogP) is 1.99. The topological polar surface area (TPSA) is 46.2 Å². The van der Waals surface area contributed by atoms with Crippen LogP contribution in [0.4, 0.5) is 8.78 Å².